The average molecular weight is 620 g/mol. The highest BCUT2D eigenvalue weighted by molar-refractivity contribution is 6.32. The summed E-state index contributed by atoms with van der Waals surface area (Å²) in [4.78, 5) is 4.51. The summed E-state index contributed by atoms with van der Waals surface area (Å²) < 4.78 is 12.8. The Labute approximate surface area is 275 Å². The third-order valence-corrected chi connectivity index (χ3v) is 9.02. The second-order valence-corrected chi connectivity index (χ2v) is 12.2. The molecule has 0 spiro atoms. The van der Waals surface area contributed by atoms with Gasteiger partial charge in [0.25, 0.3) is 0 Å². The summed E-state index contributed by atoms with van der Waals surface area (Å²) in [5.74, 6) is 0. The summed E-state index contributed by atoms with van der Waals surface area (Å²) in [6, 6.07) is 56.7. The van der Waals surface area contributed by atoms with Crippen LogP contribution >= 0.6 is 0 Å². The fourth-order valence-electron chi connectivity index (χ4n) is 6.58. The van der Waals surface area contributed by atoms with Crippen LogP contribution in [0.25, 0.3) is 43.9 Å². The van der Waals surface area contributed by atoms with Gasteiger partial charge in [-0.15, -0.1) is 0 Å². The lowest BCUT2D eigenvalue weighted by Gasteiger charge is -2.26. The molecule has 221 valence electrons. The minimum atomic E-state index is 0.824. The van der Waals surface area contributed by atoms with Crippen LogP contribution in [0.5, 0.6) is 0 Å². The molecule has 0 atom stereocenters. The van der Waals surface area contributed by atoms with Crippen LogP contribution in [0.3, 0.4) is 0 Å². The van der Waals surface area contributed by atoms with Crippen LogP contribution in [0.1, 0.15) is 0 Å². The highest BCUT2D eigenvalue weighted by Gasteiger charge is 2.19. The third-order valence-electron chi connectivity index (χ3n) is 8.71. The van der Waals surface area contributed by atoms with Crippen molar-refractivity contribution >= 4 is 93.4 Å². The number of rotatable bonds is 6. The highest BCUT2D eigenvalue weighted by atomic mass is 28.1. The molecule has 47 heavy (non-hydrogen) atoms. The predicted molar refractivity (Wildman–Crippen MR) is 196 cm³/mol. The molecule has 7 aromatic carbocycles. The van der Waals surface area contributed by atoms with Crippen LogP contribution in [-0.4, -0.2) is 10.2 Å². The molecule has 0 unspecified atom stereocenters. The lowest BCUT2D eigenvalue weighted by Crippen LogP contribution is -2.12. The minimum absolute atomic E-state index is 0.824. The molecule has 0 fully saturated rings. The number of hydrogen-bond donors (Lipinski definition) is 0. The molecule has 0 saturated heterocycles. The van der Waals surface area contributed by atoms with E-state index in [-0.39, 0.29) is 0 Å². The molecule has 5 heteroatoms. The Bertz CT molecular complexity index is 2510. The van der Waals surface area contributed by atoms with Crippen molar-refractivity contribution < 1.29 is 8.83 Å². The molecule has 2 heterocycles. The van der Waals surface area contributed by atoms with Gasteiger partial charge in [-0.2, -0.15) is 0 Å². The molecule has 0 N–H and O–H groups in total. The zero-order valence-corrected chi connectivity index (χ0v) is 26.3. The zero-order chi connectivity index (χ0) is 31.3. The van der Waals surface area contributed by atoms with E-state index in [1.165, 1.54) is 0 Å². The van der Waals surface area contributed by atoms with Gasteiger partial charge in [-0.25, -0.2) is 0 Å². The van der Waals surface area contributed by atoms with Crippen LogP contribution in [0.4, 0.5) is 34.1 Å². The molecule has 0 aliphatic rings. The molecule has 0 saturated carbocycles. The van der Waals surface area contributed by atoms with Gasteiger partial charge in [0.05, 0.1) is 10.2 Å². The molecule has 2 aromatic heterocycles. The van der Waals surface area contributed by atoms with E-state index in [2.05, 4.69) is 147 Å². The van der Waals surface area contributed by atoms with Crippen molar-refractivity contribution in [3.63, 3.8) is 0 Å². The Balaban J connectivity index is 1.18. The summed E-state index contributed by atoms with van der Waals surface area (Å²) in [6.45, 7) is 0. The van der Waals surface area contributed by atoms with Crippen LogP contribution in [0, 0.1) is 0 Å². The summed E-state index contributed by atoms with van der Waals surface area (Å²) in [5, 5.41) is 5.34. The average Bonchev–Trinajstić information content (AvgIpc) is 3.67. The fraction of sp³-hybridized carbons (Fsp3) is 0. The molecular weight excluding hydrogens is 593 g/mol. The number of anilines is 6. The first-order valence-corrected chi connectivity index (χ1v) is 16.1. The van der Waals surface area contributed by atoms with Crippen molar-refractivity contribution in [3.8, 4) is 0 Å². The molecule has 0 aliphatic carbocycles. The standard InChI is InChI=1S/C42H27N2O2Si/c47-34-15-9-14-30(24-34)44(32-18-21-36-35-16-7-8-17-39(35)45-41(36)26-32)33-19-22-37-38-25-31(20-23-40(38)46-42(37)27-33)43(28-10-3-1-4-11-28)29-12-5-2-6-13-29/h1-27H. The summed E-state index contributed by atoms with van der Waals surface area (Å²) in [7, 11) is 3.74. The zero-order valence-electron chi connectivity index (χ0n) is 25.3. The van der Waals surface area contributed by atoms with Crippen molar-refractivity contribution in [1.82, 2.24) is 0 Å². The number of para-hydroxylation sites is 3. The Kier molecular flexibility index (Phi) is 6.44. The quantitative estimate of drug-likeness (QED) is 0.173. The second-order valence-electron chi connectivity index (χ2n) is 11.6. The van der Waals surface area contributed by atoms with Gasteiger partial charge in [-0.1, -0.05) is 71.9 Å². The van der Waals surface area contributed by atoms with Crippen molar-refractivity contribution in [3.05, 3.63) is 164 Å². The molecule has 0 bridgehead atoms. The van der Waals surface area contributed by atoms with Gasteiger partial charge in [0.15, 0.2) is 0 Å². The maximum absolute atomic E-state index is 6.52. The Morgan fingerprint density at radius 3 is 1.45 bits per heavy atom. The lowest BCUT2D eigenvalue weighted by atomic mass is 10.1. The number of fused-ring (bicyclic) bond motifs is 6. The summed E-state index contributed by atoms with van der Waals surface area (Å²) in [5.41, 5.74) is 9.66. The first kappa shape index (κ1) is 27.3. The topological polar surface area (TPSA) is 32.8 Å². The van der Waals surface area contributed by atoms with Gasteiger partial charge in [0.1, 0.15) is 22.3 Å². The van der Waals surface area contributed by atoms with Gasteiger partial charge in [-0.3, -0.25) is 0 Å². The normalized spacial score (nSPS) is 11.5. The largest absolute Gasteiger partial charge is 0.456 e. The maximum Gasteiger partial charge on any atom is 0.137 e. The van der Waals surface area contributed by atoms with Crippen molar-refractivity contribution in [2.75, 3.05) is 9.80 Å². The van der Waals surface area contributed by atoms with Crippen molar-refractivity contribution in [2.24, 2.45) is 0 Å². The molecular formula is C42H27N2O2Si. The number of benzene rings is 7. The molecule has 0 aliphatic heterocycles. The van der Waals surface area contributed by atoms with E-state index in [4.69, 9.17) is 8.83 Å². The maximum atomic E-state index is 6.52. The van der Waals surface area contributed by atoms with E-state index in [0.29, 0.717) is 0 Å². The summed E-state index contributed by atoms with van der Waals surface area (Å²) in [6.07, 6.45) is 0. The molecule has 0 amide bonds. The van der Waals surface area contributed by atoms with Crippen molar-refractivity contribution in [2.45, 2.75) is 0 Å². The van der Waals surface area contributed by atoms with Gasteiger partial charge in [0.2, 0.25) is 0 Å². The summed E-state index contributed by atoms with van der Waals surface area (Å²) >= 11 is 0. The van der Waals surface area contributed by atoms with E-state index < -0.39 is 0 Å². The Hall–Kier alpha value is -6.04. The third kappa shape index (κ3) is 4.76. The Morgan fingerprint density at radius 1 is 0.319 bits per heavy atom. The number of hydrogen-bond acceptors (Lipinski definition) is 4. The van der Waals surface area contributed by atoms with Crippen LogP contribution in [0.2, 0.25) is 0 Å². The predicted octanol–water partition coefficient (Wildman–Crippen LogP) is 11.2. The minimum Gasteiger partial charge on any atom is -0.456 e. The lowest BCUT2D eigenvalue weighted by molar-refractivity contribution is 0.669. The monoisotopic (exact) mass is 619 g/mol. The van der Waals surface area contributed by atoms with E-state index in [1.807, 2.05) is 36.4 Å². The number of furan rings is 2. The molecule has 4 nitrogen and oxygen atoms in total. The van der Waals surface area contributed by atoms with Crippen LogP contribution in [0.15, 0.2) is 173 Å². The van der Waals surface area contributed by atoms with Gasteiger partial charge < -0.3 is 18.6 Å². The van der Waals surface area contributed by atoms with Gasteiger partial charge in [0, 0.05) is 67.8 Å². The van der Waals surface area contributed by atoms with E-state index in [1.54, 1.807) is 0 Å². The highest BCUT2D eigenvalue weighted by Crippen LogP contribution is 2.42. The molecule has 9 rings (SSSR count). The van der Waals surface area contributed by atoms with E-state index >= 15 is 0 Å². The second kappa shape index (κ2) is 11.1. The first-order chi connectivity index (χ1) is 23.2. The van der Waals surface area contributed by atoms with Crippen molar-refractivity contribution in [1.29, 1.82) is 0 Å². The van der Waals surface area contributed by atoms with E-state index in [0.717, 1.165) is 83.2 Å². The SMILES string of the molecule is [Si]c1cccc(N(c2ccc3c(c2)oc2ccccc23)c2ccc3c(c2)oc2ccc(N(c4ccccc4)c4ccccc4)cc23)c1. The first-order valence-electron chi connectivity index (χ1n) is 15.6. The van der Waals surface area contributed by atoms with Gasteiger partial charge in [-0.05, 0) is 84.9 Å². The Morgan fingerprint density at radius 2 is 0.787 bits per heavy atom. The van der Waals surface area contributed by atoms with Crippen LogP contribution in [-0.2, 0) is 0 Å². The molecule has 3 radical (unpaired) electrons. The fourth-order valence-corrected chi connectivity index (χ4v) is 6.82. The van der Waals surface area contributed by atoms with E-state index in [9.17, 15) is 0 Å². The van der Waals surface area contributed by atoms with Gasteiger partial charge >= 0.3 is 0 Å². The molecule has 9 aromatic rings. The van der Waals surface area contributed by atoms with Crippen LogP contribution < -0.4 is 15.0 Å². The smallest absolute Gasteiger partial charge is 0.137 e. The number of nitrogens with zero attached hydrogens (tertiary/aromatic N) is 2.